The Bertz CT molecular complexity index is 529. The lowest BCUT2D eigenvalue weighted by Gasteiger charge is -2.21. The van der Waals surface area contributed by atoms with Crippen LogP contribution in [0.25, 0.3) is 0 Å². The Hall–Kier alpha value is -0.720. The van der Waals surface area contributed by atoms with Crippen molar-refractivity contribution < 1.29 is 17.4 Å². The van der Waals surface area contributed by atoms with Crippen molar-refractivity contribution in [3.63, 3.8) is 0 Å². The highest BCUT2D eigenvalue weighted by molar-refractivity contribution is 7.87. The van der Waals surface area contributed by atoms with E-state index in [0.29, 0.717) is 0 Å². The summed E-state index contributed by atoms with van der Waals surface area (Å²) in [6.45, 7) is 3.92. The zero-order valence-corrected chi connectivity index (χ0v) is 17.1. The van der Waals surface area contributed by atoms with E-state index in [4.69, 9.17) is 4.18 Å². The van der Waals surface area contributed by atoms with Gasteiger partial charge in [-0.2, -0.15) is 19.8 Å². The minimum Gasteiger partial charge on any atom is -0.298 e. The molecule has 1 atom stereocenters. The van der Waals surface area contributed by atoms with Crippen molar-refractivity contribution in [2.45, 2.75) is 77.7 Å². The van der Waals surface area contributed by atoms with Gasteiger partial charge in [0.1, 0.15) is 5.75 Å². The minimum absolute atomic E-state index is 0.189. The molecule has 0 bridgehead atoms. The monoisotopic (exact) mass is 388 g/mol. The molecule has 1 aliphatic carbocycles. The van der Waals surface area contributed by atoms with Crippen molar-refractivity contribution in [1.82, 2.24) is 0 Å². The fourth-order valence-corrected chi connectivity index (χ4v) is 4.57. The number of rotatable bonds is 9. The summed E-state index contributed by atoms with van der Waals surface area (Å²) in [6.07, 6.45) is 8.48. The quantitative estimate of drug-likeness (QED) is 0.431. The highest BCUT2D eigenvalue weighted by Crippen LogP contribution is 2.22. The number of hydrogen-bond donors (Lipinski definition) is 0. The van der Waals surface area contributed by atoms with Crippen LogP contribution in [-0.2, 0) is 19.1 Å². The molecule has 1 aromatic rings. The average Bonchev–Trinajstić information content (AvgIpc) is 3.14. The lowest BCUT2D eigenvalue weighted by molar-refractivity contribution is -0.120. The van der Waals surface area contributed by atoms with Gasteiger partial charge in [0.05, 0.1) is 6.10 Å². The standard InChI is InChI=1S/C15H28O4S.C4H4S/c1-3-4-6-9-13(2)15(16)12-20(17,18)19-14-10-7-5-8-11-14;1-2-4-5-3-1/h13-14H,3-12H2,1-2H3;1-4H. The Labute approximate surface area is 157 Å². The molecule has 1 unspecified atom stereocenters. The number of unbranched alkanes of at least 4 members (excludes halogenated alkanes) is 2. The molecule has 0 spiro atoms. The first kappa shape index (κ1) is 22.3. The van der Waals surface area contributed by atoms with Gasteiger partial charge < -0.3 is 0 Å². The largest absolute Gasteiger partial charge is 0.298 e. The number of carbonyl (C=O) groups excluding carboxylic acids is 1. The molecule has 1 saturated carbocycles. The van der Waals surface area contributed by atoms with Gasteiger partial charge in [0.2, 0.25) is 0 Å². The zero-order chi connectivity index (χ0) is 18.5. The normalized spacial score (nSPS) is 16.7. The molecule has 6 heteroatoms. The number of Topliss-reactive ketones (excluding diaryl/α,β-unsaturated/α-hetero) is 1. The van der Waals surface area contributed by atoms with E-state index in [1.807, 2.05) is 29.8 Å². The lowest BCUT2D eigenvalue weighted by Crippen LogP contribution is -2.28. The highest BCUT2D eigenvalue weighted by Gasteiger charge is 2.26. The summed E-state index contributed by atoms with van der Waals surface area (Å²) < 4.78 is 29.0. The molecule has 2 rings (SSSR count). The molecule has 1 aromatic heterocycles. The van der Waals surface area contributed by atoms with Gasteiger partial charge >= 0.3 is 0 Å². The van der Waals surface area contributed by atoms with Gasteiger partial charge in [0, 0.05) is 5.92 Å². The summed E-state index contributed by atoms with van der Waals surface area (Å²) in [6, 6.07) is 4.04. The molecule has 4 nitrogen and oxygen atoms in total. The van der Waals surface area contributed by atoms with Crippen molar-refractivity contribution in [3.05, 3.63) is 22.9 Å². The predicted molar refractivity (Wildman–Crippen MR) is 104 cm³/mol. The van der Waals surface area contributed by atoms with Crippen LogP contribution in [0.2, 0.25) is 0 Å². The number of hydrogen-bond acceptors (Lipinski definition) is 5. The summed E-state index contributed by atoms with van der Waals surface area (Å²) in [5, 5.41) is 4.08. The van der Waals surface area contributed by atoms with Crippen LogP contribution >= 0.6 is 11.3 Å². The highest BCUT2D eigenvalue weighted by atomic mass is 32.2. The van der Waals surface area contributed by atoms with Crippen LogP contribution < -0.4 is 0 Å². The fourth-order valence-electron chi connectivity index (χ4n) is 2.81. The maximum absolute atomic E-state index is 11.9. The molecule has 0 saturated heterocycles. The van der Waals surface area contributed by atoms with Crippen molar-refractivity contribution in [2.24, 2.45) is 5.92 Å². The van der Waals surface area contributed by atoms with Crippen LogP contribution in [0.4, 0.5) is 0 Å². The summed E-state index contributed by atoms with van der Waals surface area (Å²) in [7, 11) is -3.71. The van der Waals surface area contributed by atoms with E-state index in [0.717, 1.165) is 57.8 Å². The van der Waals surface area contributed by atoms with Gasteiger partial charge in [-0.3, -0.25) is 8.98 Å². The van der Waals surface area contributed by atoms with Gasteiger partial charge in [-0.15, -0.1) is 0 Å². The Morgan fingerprint density at radius 3 is 2.32 bits per heavy atom. The first-order valence-electron chi connectivity index (χ1n) is 9.35. The van der Waals surface area contributed by atoms with Crippen LogP contribution in [-0.4, -0.2) is 26.1 Å². The number of ketones is 1. The third-order valence-corrected chi connectivity index (χ3v) is 6.20. The average molecular weight is 389 g/mol. The zero-order valence-electron chi connectivity index (χ0n) is 15.5. The molecule has 0 N–H and O–H groups in total. The number of thiophene rings is 1. The van der Waals surface area contributed by atoms with Crippen LogP contribution in [0.15, 0.2) is 22.9 Å². The van der Waals surface area contributed by atoms with Gasteiger partial charge in [-0.05, 0) is 30.0 Å². The minimum atomic E-state index is -3.71. The topological polar surface area (TPSA) is 60.4 Å². The maximum Gasteiger partial charge on any atom is 0.274 e. The van der Waals surface area contributed by atoms with Gasteiger partial charge in [-0.1, -0.05) is 64.5 Å². The van der Waals surface area contributed by atoms with Crippen molar-refractivity contribution in [2.75, 3.05) is 5.75 Å². The first-order valence-corrected chi connectivity index (χ1v) is 11.9. The van der Waals surface area contributed by atoms with E-state index in [1.165, 1.54) is 0 Å². The Balaban J connectivity index is 0.000000531. The van der Waals surface area contributed by atoms with E-state index in [-0.39, 0.29) is 17.8 Å². The van der Waals surface area contributed by atoms with Crippen molar-refractivity contribution >= 4 is 27.2 Å². The fraction of sp³-hybridized carbons (Fsp3) is 0.737. The lowest BCUT2D eigenvalue weighted by atomic mass is 9.98. The van der Waals surface area contributed by atoms with Crippen LogP contribution in [0.5, 0.6) is 0 Å². The number of carbonyl (C=O) groups is 1. The van der Waals surface area contributed by atoms with E-state index in [2.05, 4.69) is 6.92 Å². The molecule has 25 heavy (non-hydrogen) atoms. The van der Waals surface area contributed by atoms with Gasteiger partial charge in [0.15, 0.2) is 5.78 Å². The van der Waals surface area contributed by atoms with E-state index < -0.39 is 15.9 Å². The summed E-state index contributed by atoms with van der Waals surface area (Å²) in [4.78, 5) is 11.9. The summed E-state index contributed by atoms with van der Waals surface area (Å²) in [5.74, 6) is -0.861. The molecule has 144 valence electrons. The molecule has 0 aromatic carbocycles. The summed E-state index contributed by atoms with van der Waals surface area (Å²) >= 11 is 1.71. The maximum atomic E-state index is 11.9. The van der Waals surface area contributed by atoms with Gasteiger partial charge in [-0.25, -0.2) is 0 Å². The van der Waals surface area contributed by atoms with Crippen LogP contribution in [0.3, 0.4) is 0 Å². The smallest absolute Gasteiger partial charge is 0.274 e. The predicted octanol–water partition coefficient (Wildman–Crippen LogP) is 5.20. The molecular weight excluding hydrogens is 356 g/mol. The molecule has 0 aliphatic heterocycles. The first-order chi connectivity index (χ1) is 11.9. The molecule has 1 fully saturated rings. The Kier molecular flexibility index (Phi) is 11.3. The molecular formula is C19H32O4S2. The molecule has 0 amide bonds. The molecule has 0 radical (unpaired) electrons. The van der Waals surface area contributed by atoms with E-state index in [1.54, 1.807) is 11.3 Å². The van der Waals surface area contributed by atoms with Crippen LogP contribution in [0.1, 0.15) is 71.6 Å². The Morgan fingerprint density at radius 2 is 1.80 bits per heavy atom. The van der Waals surface area contributed by atoms with Crippen molar-refractivity contribution in [3.8, 4) is 0 Å². The van der Waals surface area contributed by atoms with E-state index in [9.17, 15) is 13.2 Å². The SMILES string of the molecule is CCCCCC(C)C(=O)CS(=O)(=O)OC1CCCCC1.c1ccsc1. The van der Waals surface area contributed by atoms with Crippen molar-refractivity contribution in [1.29, 1.82) is 0 Å². The summed E-state index contributed by atoms with van der Waals surface area (Å²) in [5.41, 5.74) is 0. The molecule has 1 aliphatic rings. The van der Waals surface area contributed by atoms with Gasteiger partial charge in [0.25, 0.3) is 10.1 Å². The second-order valence-corrected chi connectivity index (χ2v) is 9.13. The molecule has 1 heterocycles. The van der Waals surface area contributed by atoms with E-state index >= 15 is 0 Å². The third kappa shape index (κ3) is 10.8. The second-order valence-electron chi connectivity index (χ2n) is 6.71. The Morgan fingerprint density at radius 1 is 1.16 bits per heavy atom. The van der Waals surface area contributed by atoms with Crippen LogP contribution in [0, 0.1) is 5.92 Å². The second kappa shape index (κ2) is 12.6. The third-order valence-electron chi connectivity index (χ3n) is 4.37.